The van der Waals surface area contributed by atoms with Crippen molar-refractivity contribution in [2.24, 2.45) is 5.92 Å². The normalized spacial score (nSPS) is 18.5. The molecule has 3 rings (SSSR count). The van der Waals surface area contributed by atoms with Crippen molar-refractivity contribution in [3.8, 4) is 0 Å². The molecular weight excluding hydrogens is 291 g/mol. The molecule has 2 aromatic rings. The molecule has 1 saturated heterocycles. The van der Waals surface area contributed by atoms with Gasteiger partial charge in [-0.25, -0.2) is 9.37 Å². The van der Waals surface area contributed by atoms with E-state index in [4.69, 9.17) is 4.74 Å². The van der Waals surface area contributed by atoms with Gasteiger partial charge in [-0.05, 0) is 37.5 Å². The van der Waals surface area contributed by atoms with Gasteiger partial charge in [0, 0.05) is 18.9 Å². The van der Waals surface area contributed by atoms with Crippen LogP contribution in [-0.4, -0.2) is 28.5 Å². The first-order valence-electron chi connectivity index (χ1n) is 7.09. The molecule has 0 radical (unpaired) electrons. The number of benzene rings is 1. The molecule has 1 aliphatic heterocycles. The summed E-state index contributed by atoms with van der Waals surface area (Å²) >= 11 is 1.58. The highest BCUT2D eigenvalue weighted by Crippen LogP contribution is 2.24. The van der Waals surface area contributed by atoms with Gasteiger partial charge in [0.1, 0.15) is 5.82 Å². The summed E-state index contributed by atoms with van der Waals surface area (Å²) in [6.07, 6.45) is 1.06. The molecule has 6 heteroatoms. The summed E-state index contributed by atoms with van der Waals surface area (Å²) in [6.45, 7) is 4.02. The Kier molecular flexibility index (Phi) is 4.26. The maximum atomic E-state index is 13.3. The van der Waals surface area contributed by atoms with Gasteiger partial charge in [-0.2, -0.15) is 0 Å². The number of nitrogens with zero attached hydrogens (tertiary/aromatic N) is 2. The van der Waals surface area contributed by atoms with Crippen molar-refractivity contribution in [3.05, 3.63) is 34.4 Å². The van der Waals surface area contributed by atoms with Gasteiger partial charge in [-0.15, -0.1) is 0 Å². The van der Waals surface area contributed by atoms with Gasteiger partial charge in [-0.1, -0.05) is 11.8 Å². The molecule has 0 bridgehead atoms. The van der Waals surface area contributed by atoms with Crippen molar-refractivity contribution >= 4 is 22.7 Å². The van der Waals surface area contributed by atoms with Crippen molar-refractivity contribution in [1.82, 2.24) is 9.55 Å². The number of aromatic nitrogens is 2. The van der Waals surface area contributed by atoms with E-state index in [-0.39, 0.29) is 5.56 Å². The van der Waals surface area contributed by atoms with Gasteiger partial charge >= 0.3 is 0 Å². The minimum absolute atomic E-state index is 0.174. The molecule has 4 nitrogen and oxygen atoms in total. The fourth-order valence-electron chi connectivity index (χ4n) is 2.47. The molecular formula is C15H17FN2O2S. The second kappa shape index (κ2) is 6.15. The van der Waals surface area contributed by atoms with Crippen molar-refractivity contribution in [3.63, 3.8) is 0 Å². The van der Waals surface area contributed by atoms with E-state index in [1.807, 2.05) is 6.92 Å². The predicted molar refractivity (Wildman–Crippen MR) is 81.3 cm³/mol. The quantitative estimate of drug-likeness (QED) is 0.643. The molecule has 0 saturated carbocycles. The van der Waals surface area contributed by atoms with Crippen molar-refractivity contribution in [2.75, 3.05) is 19.0 Å². The van der Waals surface area contributed by atoms with Crippen LogP contribution in [0.2, 0.25) is 0 Å². The van der Waals surface area contributed by atoms with E-state index in [1.54, 1.807) is 22.4 Å². The number of fused-ring (bicyclic) bond motifs is 1. The third-order valence-corrected chi connectivity index (χ3v) is 4.88. The zero-order chi connectivity index (χ0) is 14.8. The summed E-state index contributed by atoms with van der Waals surface area (Å²) in [4.78, 5) is 17.0. The van der Waals surface area contributed by atoms with Gasteiger partial charge < -0.3 is 4.74 Å². The third kappa shape index (κ3) is 2.96. The summed E-state index contributed by atoms with van der Waals surface area (Å²) in [5.74, 6) is 0.993. The average molecular weight is 308 g/mol. The summed E-state index contributed by atoms with van der Waals surface area (Å²) in [5.41, 5.74) is 0.378. The molecule has 0 unspecified atom stereocenters. The number of halogens is 1. The van der Waals surface area contributed by atoms with Crippen molar-refractivity contribution in [1.29, 1.82) is 0 Å². The molecule has 112 valence electrons. The van der Waals surface area contributed by atoms with E-state index in [0.29, 0.717) is 28.5 Å². The van der Waals surface area contributed by atoms with E-state index in [0.717, 1.165) is 25.4 Å². The van der Waals surface area contributed by atoms with Crippen molar-refractivity contribution < 1.29 is 9.13 Å². The molecule has 0 aliphatic carbocycles. The fourth-order valence-corrected chi connectivity index (χ4v) is 3.65. The van der Waals surface area contributed by atoms with Crippen LogP contribution < -0.4 is 5.56 Å². The van der Waals surface area contributed by atoms with Crippen molar-refractivity contribution in [2.45, 2.75) is 25.0 Å². The fraction of sp³-hybridized carbons (Fsp3) is 0.467. The summed E-state index contributed by atoms with van der Waals surface area (Å²) in [7, 11) is 0. The molecule has 1 aromatic heterocycles. The molecule has 0 spiro atoms. The average Bonchev–Trinajstić information content (AvgIpc) is 2.99. The Morgan fingerprint density at radius 2 is 2.38 bits per heavy atom. The smallest absolute Gasteiger partial charge is 0.262 e. The van der Waals surface area contributed by atoms with E-state index in [2.05, 4.69) is 4.98 Å². The lowest BCUT2D eigenvalue weighted by Gasteiger charge is -2.12. The SMILES string of the molecule is CCn1c(SC[C@@H]2CCOC2)nc2ccc(F)cc2c1=O. The van der Waals surface area contributed by atoms with Gasteiger partial charge in [0.05, 0.1) is 17.5 Å². The summed E-state index contributed by atoms with van der Waals surface area (Å²) in [6, 6.07) is 4.16. The van der Waals surface area contributed by atoms with E-state index in [9.17, 15) is 9.18 Å². The van der Waals surface area contributed by atoms with Crippen LogP contribution in [0.4, 0.5) is 4.39 Å². The van der Waals surface area contributed by atoms with Crippen LogP contribution in [0.25, 0.3) is 10.9 Å². The molecule has 0 N–H and O–H groups in total. The molecule has 1 aliphatic rings. The molecule has 1 aromatic carbocycles. The number of thioether (sulfide) groups is 1. The zero-order valence-corrected chi connectivity index (χ0v) is 12.7. The Morgan fingerprint density at radius 1 is 1.52 bits per heavy atom. The first-order chi connectivity index (χ1) is 10.2. The van der Waals surface area contributed by atoms with Gasteiger partial charge in [0.25, 0.3) is 5.56 Å². The number of rotatable bonds is 4. The molecule has 21 heavy (non-hydrogen) atoms. The van der Waals surface area contributed by atoms with Gasteiger partial charge in [0.2, 0.25) is 0 Å². The molecule has 1 fully saturated rings. The maximum Gasteiger partial charge on any atom is 0.262 e. The van der Waals surface area contributed by atoms with Crippen LogP contribution in [0.5, 0.6) is 0 Å². The highest BCUT2D eigenvalue weighted by Gasteiger charge is 2.18. The molecule has 1 atom stereocenters. The number of ether oxygens (including phenoxy) is 1. The topological polar surface area (TPSA) is 44.1 Å². The van der Waals surface area contributed by atoms with Gasteiger partial charge in [-0.3, -0.25) is 9.36 Å². The van der Waals surface area contributed by atoms with Crippen LogP contribution in [-0.2, 0) is 11.3 Å². The Hall–Kier alpha value is -1.40. The van der Waals surface area contributed by atoms with Crippen LogP contribution >= 0.6 is 11.8 Å². The van der Waals surface area contributed by atoms with Crippen LogP contribution in [0.1, 0.15) is 13.3 Å². The predicted octanol–water partition coefficient (Wildman–Crippen LogP) is 2.68. The minimum Gasteiger partial charge on any atom is -0.381 e. The molecule has 2 heterocycles. The van der Waals surface area contributed by atoms with Crippen LogP contribution in [0, 0.1) is 11.7 Å². The second-order valence-electron chi connectivity index (χ2n) is 5.15. The highest BCUT2D eigenvalue weighted by molar-refractivity contribution is 7.99. The Bertz CT molecular complexity index is 711. The van der Waals surface area contributed by atoms with E-state index in [1.165, 1.54) is 12.1 Å². The number of hydrogen-bond donors (Lipinski definition) is 0. The van der Waals surface area contributed by atoms with E-state index >= 15 is 0 Å². The maximum absolute atomic E-state index is 13.3. The zero-order valence-electron chi connectivity index (χ0n) is 11.8. The lowest BCUT2D eigenvalue weighted by atomic mass is 10.2. The third-order valence-electron chi connectivity index (χ3n) is 3.67. The Morgan fingerprint density at radius 3 is 3.10 bits per heavy atom. The number of hydrogen-bond acceptors (Lipinski definition) is 4. The largest absolute Gasteiger partial charge is 0.381 e. The minimum atomic E-state index is -0.410. The highest BCUT2D eigenvalue weighted by atomic mass is 32.2. The van der Waals surface area contributed by atoms with Gasteiger partial charge in [0.15, 0.2) is 5.16 Å². The second-order valence-corrected chi connectivity index (χ2v) is 6.13. The first kappa shape index (κ1) is 14.5. The lowest BCUT2D eigenvalue weighted by molar-refractivity contribution is 0.189. The lowest BCUT2D eigenvalue weighted by Crippen LogP contribution is -2.23. The van der Waals surface area contributed by atoms with Crippen LogP contribution in [0.3, 0.4) is 0 Å². The van der Waals surface area contributed by atoms with Crippen LogP contribution in [0.15, 0.2) is 28.2 Å². The van der Waals surface area contributed by atoms with E-state index < -0.39 is 5.82 Å². The Balaban J connectivity index is 1.96. The standard InChI is InChI=1S/C15H17FN2O2S/c1-2-18-14(19)12-7-11(16)3-4-13(12)17-15(18)21-9-10-5-6-20-8-10/h3-4,7,10H,2,5-6,8-9H2,1H3/t10-/m1/s1. The first-order valence-corrected chi connectivity index (χ1v) is 8.08. The molecule has 0 amide bonds. The summed E-state index contributed by atoms with van der Waals surface area (Å²) < 4.78 is 20.3. The Labute approximate surface area is 126 Å². The monoisotopic (exact) mass is 308 g/mol. The summed E-state index contributed by atoms with van der Waals surface area (Å²) in [5, 5.41) is 1.04.